The fourth-order valence-electron chi connectivity index (χ4n) is 4.06. The van der Waals surface area contributed by atoms with E-state index in [2.05, 4.69) is 0 Å². The fourth-order valence-corrected chi connectivity index (χ4v) is 4.23. The van der Waals surface area contributed by atoms with Crippen molar-refractivity contribution < 1.29 is 33.3 Å². The van der Waals surface area contributed by atoms with Crippen LogP contribution in [-0.4, -0.2) is 38.1 Å². The summed E-state index contributed by atoms with van der Waals surface area (Å²) in [5.74, 6) is -1.84. The maximum atomic E-state index is 13.9. The van der Waals surface area contributed by atoms with Crippen molar-refractivity contribution in [2.75, 3.05) is 26.2 Å². The van der Waals surface area contributed by atoms with Crippen LogP contribution in [0.1, 0.15) is 17.2 Å². The Labute approximate surface area is 205 Å². The molecule has 1 unspecified atom stereocenters. The first kappa shape index (κ1) is 24.1. The van der Waals surface area contributed by atoms with Crippen LogP contribution in [0, 0.1) is 5.82 Å². The summed E-state index contributed by atoms with van der Waals surface area (Å²) in [7, 11) is 4.36. The zero-order valence-electron chi connectivity index (χ0n) is 19.0. The van der Waals surface area contributed by atoms with Crippen LogP contribution in [0.25, 0.3) is 5.76 Å². The van der Waals surface area contributed by atoms with Gasteiger partial charge in [-0.25, -0.2) is 4.39 Å². The predicted molar refractivity (Wildman–Crippen MR) is 129 cm³/mol. The largest absolute Gasteiger partial charge is 0.507 e. The van der Waals surface area contributed by atoms with E-state index in [0.29, 0.717) is 22.8 Å². The summed E-state index contributed by atoms with van der Waals surface area (Å²) in [5.41, 5.74) is 0.680. The number of ketones is 1. The van der Waals surface area contributed by atoms with Gasteiger partial charge in [-0.2, -0.15) is 0 Å². The number of carbonyl (C=O) groups excluding carboxylic acids is 2. The molecule has 0 bridgehead atoms. The van der Waals surface area contributed by atoms with Gasteiger partial charge >= 0.3 is 0 Å². The third-order valence-corrected chi connectivity index (χ3v) is 6.00. The molecule has 0 saturated carbocycles. The van der Waals surface area contributed by atoms with Crippen molar-refractivity contribution in [3.63, 3.8) is 0 Å². The topological polar surface area (TPSA) is 85.3 Å². The van der Waals surface area contributed by atoms with E-state index in [-0.39, 0.29) is 21.8 Å². The molecular formula is C26H21ClFNO6. The van der Waals surface area contributed by atoms with E-state index in [0.717, 1.165) is 11.0 Å². The maximum absolute atomic E-state index is 13.9. The van der Waals surface area contributed by atoms with Gasteiger partial charge in [0.1, 0.15) is 17.3 Å². The summed E-state index contributed by atoms with van der Waals surface area (Å²) >= 11 is 5.98. The normalized spacial score (nSPS) is 16.9. The molecule has 4 rings (SSSR count). The van der Waals surface area contributed by atoms with E-state index in [4.69, 9.17) is 25.8 Å². The van der Waals surface area contributed by atoms with Crippen LogP contribution in [0.15, 0.2) is 66.2 Å². The molecule has 180 valence electrons. The van der Waals surface area contributed by atoms with Gasteiger partial charge in [0.05, 0.1) is 43.5 Å². The quantitative estimate of drug-likeness (QED) is 0.289. The number of Topliss-reactive ketones (excluding diaryl/α,β-unsaturated/α-hetero) is 1. The minimum absolute atomic E-state index is 0.174. The molecule has 1 amide bonds. The summed E-state index contributed by atoms with van der Waals surface area (Å²) in [6, 6.07) is 14.0. The number of aliphatic hydroxyl groups excluding tert-OH is 1. The SMILES string of the molecule is COc1ccc(C2/C(=C(\O)c3ccccc3OC)C(=O)C(=O)N2c2ccc(F)c(Cl)c2)cc1OC. The predicted octanol–water partition coefficient (Wildman–Crippen LogP) is 5.13. The first-order valence-corrected chi connectivity index (χ1v) is 10.8. The summed E-state index contributed by atoms with van der Waals surface area (Å²) in [6.45, 7) is 0. The number of halogens is 2. The summed E-state index contributed by atoms with van der Waals surface area (Å²) < 4.78 is 29.9. The van der Waals surface area contributed by atoms with Gasteiger partial charge < -0.3 is 19.3 Å². The molecule has 3 aromatic carbocycles. The molecule has 9 heteroatoms. The van der Waals surface area contributed by atoms with Gasteiger partial charge in [0, 0.05) is 5.69 Å². The number of ether oxygens (including phenoxy) is 3. The van der Waals surface area contributed by atoms with Gasteiger partial charge in [-0.1, -0.05) is 29.8 Å². The molecular weight excluding hydrogens is 477 g/mol. The Morgan fingerprint density at radius 1 is 0.914 bits per heavy atom. The molecule has 1 aliphatic rings. The minimum atomic E-state index is -1.08. The van der Waals surface area contributed by atoms with Gasteiger partial charge in [-0.05, 0) is 48.0 Å². The van der Waals surface area contributed by atoms with Crippen LogP contribution in [0.4, 0.5) is 10.1 Å². The molecule has 7 nitrogen and oxygen atoms in total. The molecule has 1 atom stereocenters. The maximum Gasteiger partial charge on any atom is 0.300 e. The number of para-hydroxylation sites is 1. The molecule has 0 spiro atoms. The Morgan fingerprint density at radius 2 is 1.60 bits per heavy atom. The molecule has 3 aromatic rings. The number of benzene rings is 3. The molecule has 1 fully saturated rings. The lowest BCUT2D eigenvalue weighted by Gasteiger charge is -2.26. The number of rotatable bonds is 6. The monoisotopic (exact) mass is 497 g/mol. The fraction of sp³-hybridized carbons (Fsp3) is 0.154. The van der Waals surface area contributed by atoms with Gasteiger partial charge in [0.2, 0.25) is 0 Å². The number of hydrogen-bond donors (Lipinski definition) is 1. The second-order valence-corrected chi connectivity index (χ2v) is 7.99. The highest BCUT2D eigenvalue weighted by atomic mass is 35.5. The lowest BCUT2D eigenvalue weighted by atomic mass is 9.94. The highest BCUT2D eigenvalue weighted by Gasteiger charge is 2.47. The number of methoxy groups -OCH3 is 3. The van der Waals surface area contributed by atoms with E-state index in [9.17, 15) is 19.1 Å². The van der Waals surface area contributed by atoms with E-state index in [1.54, 1.807) is 42.5 Å². The molecule has 1 saturated heterocycles. The number of anilines is 1. The van der Waals surface area contributed by atoms with E-state index in [1.165, 1.54) is 33.5 Å². The molecule has 1 heterocycles. The standard InChI is InChI=1S/C26H21ClFNO6/c1-33-19-7-5-4-6-16(19)24(30)22-23(14-8-11-20(34-2)21(12-14)35-3)29(26(32)25(22)31)15-9-10-18(28)17(27)13-15/h4-13,23,30H,1-3H3/b24-22+. The zero-order valence-corrected chi connectivity index (χ0v) is 19.8. The zero-order chi connectivity index (χ0) is 25.3. The molecule has 0 aliphatic carbocycles. The summed E-state index contributed by atoms with van der Waals surface area (Å²) in [4.78, 5) is 27.7. The van der Waals surface area contributed by atoms with Gasteiger partial charge in [0.15, 0.2) is 11.5 Å². The number of hydrogen-bond acceptors (Lipinski definition) is 6. The van der Waals surface area contributed by atoms with Crippen molar-refractivity contribution >= 4 is 34.7 Å². The first-order valence-electron chi connectivity index (χ1n) is 10.4. The highest BCUT2D eigenvalue weighted by Crippen LogP contribution is 2.45. The Morgan fingerprint density at radius 3 is 2.26 bits per heavy atom. The summed E-state index contributed by atoms with van der Waals surface area (Å²) in [6.07, 6.45) is 0. The minimum Gasteiger partial charge on any atom is -0.507 e. The van der Waals surface area contributed by atoms with Gasteiger partial charge in [-0.3, -0.25) is 14.5 Å². The van der Waals surface area contributed by atoms with Crippen LogP contribution in [0.3, 0.4) is 0 Å². The lowest BCUT2D eigenvalue weighted by molar-refractivity contribution is -0.132. The van der Waals surface area contributed by atoms with Crippen LogP contribution >= 0.6 is 11.6 Å². The molecule has 0 aromatic heterocycles. The Hall–Kier alpha value is -4.04. The Balaban J connectivity index is 2.00. The average molecular weight is 498 g/mol. The number of nitrogens with zero attached hydrogens (tertiary/aromatic N) is 1. The highest BCUT2D eigenvalue weighted by molar-refractivity contribution is 6.51. The number of aliphatic hydroxyl groups is 1. The van der Waals surface area contributed by atoms with Crippen molar-refractivity contribution in [2.24, 2.45) is 0 Å². The molecule has 1 aliphatic heterocycles. The van der Waals surface area contributed by atoms with Crippen LogP contribution in [0.5, 0.6) is 17.2 Å². The van der Waals surface area contributed by atoms with Crippen LogP contribution in [0.2, 0.25) is 5.02 Å². The van der Waals surface area contributed by atoms with E-state index in [1.807, 2.05) is 0 Å². The third-order valence-electron chi connectivity index (χ3n) is 5.71. The smallest absolute Gasteiger partial charge is 0.300 e. The number of carbonyl (C=O) groups is 2. The van der Waals surface area contributed by atoms with E-state index < -0.39 is 29.3 Å². The van der Waals surface area contributed by atoms with Crippen LogP contribution in [-0.2, 0) is 9.59 Å². The average Bonchev–Trinajstić information content (AvgIpc) is 3.14. The van der Waals surface area contributed by atoms with Crippen LogP contribution < -0.4 is 19.1 Å². The summed E-state index contributed by atoms with van der Waals surface area (Å²) in [5, 5.41) is 11.1. The van der Waals surface area contributed by atoms with Crippen molar-refractivity contribution in [3.8, 4) is 17.2 Å². The number of amides is 1. The third kappa shape index (κ3) is 4.17. The Bertz CT molecular complexity index is 1360. The van der Waals surface area contributed by atoms with Crippen molar-refractivity contribution in [1.29, 1.82) is 0 Å². The van der Waals surface area contributed by atoms with Gasteiger partial charge in [-0.15, -0.1) is 0 Å². The molecule has 0 radical (unpaired) electrons. The van der Waals surface area contributed by atoms with Crippen molar-refractivity contribution in [3.05, 3.63) is 88.2 Å². The van der Waals surface area contributed by atoms with Crippen molar-refractivity contribution in [2.45, 2.75) is 6.04 Å². The van der Waals surface area contributed by atoms with E-state index >= 15 is 0 Å². The van der Waals surface area contributed by atoms with Crippen molar-refractivity contribution in [1.82, 2.24) is 0 Å². The lowest BCUT2D eigenvalue weighted by Crippen LogP contribution is -2.29. The van der Waals surface area contributed by atoms with Gasteiger partial charge in [0.25, 0.3) is 11.7 Å². The molecule has 1 N–H and O–H groups in total. The second kappa shape index (κ2) is 9.68. The first-order chi connectivity index (χ1) is 16.8. The molecule has 35 heavy (non-hydrogen) atoms. The second-order valence-electron chi connectivity index (χ2n) is 7.58. The Kier molecular flexibility index (Phi) is 6.66.